The molecule has 8 nitrogen and oxygen atoms in total. The number of nitrogens with one attached hydrogen (secondary N) is 4. The molecule has 0 atom stereocenters. The molecule has 0 aromatic rings. The number of esters is 2. The summed E-state index contributed by atoms with van der Waals surface area (Å²) in [4.78, 5) is 23.2. The highest BCUT2D eigenvalue weighted by Crippen LogP contribution is 2.04. The Morgan fingerprint density at radius 1 is 0.514 bits per heavy atom. The minimum absolute atomic E-state index is 0.0624. The molecule has 35 heavy (non-hydrogen) atoms. The summed E-state index contributed by atoms with van der Waals surface area (Å²) in [5.41, 5.74) is 0. The molecule has 0 radical (unpaired) electrons. The van der Waals surface area contributed by atoms with Crippen molar-refractivity contribution in [2.75, 3.05) is 65.6 Å². The van der Waals surface area contributed by atoms with E-state index in [1.807, 2.05) is 0 Å². The lowest BCUT2D eigenvalue weighted by Gasteiger charge is -2.09. The van der Waals surface area contributed by atoms with Gasteiger partial charge in [0, 0.05) is 52.1 Å². The van der Waals surface area contributed by atoms with E-state index in [2.05, 4.69) is 49.0 Å². The van der Waals surface area contributed by atoms with E-state index in [4.69, 9.17) is 9.47 Å². The lowest BCUT2D eigenvalue weighted by atomic mass is 10.1. The van der Waals surface area contributed by atoms with E-state index < -0.39 is 0 Å². The average Bonchev–Trinajstić information content (AvgIpc) is 2.80. The van der Waals surface area contributed by atoms with Gasteiger partial charge in [-0.3, -0.25) is 9.59 Å². The molecule has 0 rings (SSSR count). The Kier molecular flexibility index (Phi) is 25.0. The Bertz CT molecular complexity index is 490. The van der Waals surface area contributed by atoms with Gasteiger partial charge in [0.2, 0.25) is 0 Å². The number of hydrogen-bond acceptors (Lipinski definition) is 8. The van der Waals surface area contributed by atoms with Crippen LogP contribution in [0.25, 0.3) is 0 Å². The van der Waals surface area contributed by atoms with Crippen molar-refractivity contribution in [3.63, 3.8) is 0 Å². The lowest BCUT2D eigenvalue weighted by molar-refractivity contribution is -0.144. The molecule has 0 fully saturated rings. The van der Waals surface area contributed by atoms with Gasteiger partial charge in [-0.15, -0.1) is 0 Å². The van der Waals surface area contributed by atoms with Crippen LogP contribution < -0.4 is 21.3 Å². The summed E-state index contributed by atoms with van der Waals surface area (Å²) in [5.74, 6) is 1.11. The Morgan fingerprint density at radius 3 is 1.34 bits per heavy atom. The van der Waals surface area contributed by atoms with Gasteiger partial charge in [0.15, 0.2) is 0 Å². The highest BCUT2D eigenvalue weighted by atomic mass is 16.5. The average molecular weight is 501 g/mol. The molecule has 0 heterocycles. The molecule has 0 unspecified atom stereocenters. The van der Waals surface area contributed by atoms with Gasteiger partial charge in [0.1, 0.15) is 0 Å². The zero-order chi connectivity index (χ0) is 26.0. The van der Waals surface area contributed by atoms with Crippen molar-refractivity contribution in [2.45, 2.75) is 85.5 Å². The fourth-order valence-corrected chi connectivity index (χ4v) is 3.30. The van der Waals surface area contributed by atoms with Crippen LogP contribution in [-0.2, 0) is 19.1 Å². The third-order valence-corrected chi connectivity index (χ3v) is 5.55. The minimum atomic E-state index is -0.0696. The van der Waals surface area contributed by atoms with E-state index in [0.717, 1.165) is 97.3 Å². The third kappa shape index (κ3) is 28.9. The fraction of sp³-hybridized carbons (Fsp3) is 0.926. The molecule has 8 heteroatoms. The topological polar surface area (TPSA) is 101 Å². The molecule has 0 aliphatic heterocycles. The zero-order valence-corrected chi connectivity index (χ0v) is 23.2. The Morgan fingerprint density at radius 2 is 0.914 bits per heavy atom. The normalized spacial score (nSPS) is 11.4. The number of carbonyl (C=O) groups is 2. The van der Waals surface area contributed by atoms with Crippen LogP contribution in [-0.4, -0.2) is 77.5 Å². The smallest absolute Gasteiger partial charge is 0.305 e. The number of ether oxygens (including phenoxy) is 2. The second kappa shape index (κ2) is 25.9. The fourth-order valence-electron chi connectivity index (χ4n) is 3.30. The predicted octanol–water partition coefficient (Wildman–Crippen LogP) is 3.25. The summed E-state index contributed by atoms with van der Waals surface area (Å²) < 4.78 is 10.5. The standard InChI is InChI=1S/C27H56N4O4/c1-24(2)10-9-22-34-26(32)11-5-7-14-28-16-18-30-20-21-31-19-17-29-15-8-6-12-27(33)35-23-13-25(3)4/h24-25,28-31H,5-23H2,1-4H3. The molecule has 0 aliphatic carbocycles. The number of unbranched alkanes of at least 4 members (excludes halogenated alkanes) is 2. The largest absolute Gasteiger partial charge is 0.466 e. The van der Waals surface area contributed by atoms with Crippen molar-refractivity contribution in [3.05, 3.63) is 0 Å². The maximum Gasteiger partial charge on any atom is 0.305 e. The minimum Gasteiger partial charge on any atom is -0.466 e. The molecule has 0 amide bonds. The van der Waals surface area contributed by atoms with Crippen molar-refractivity contribution in [2.24, 2.45) is 11.8 Å². The monoisotopic (exact) mass is 500 g/mol. The van der Waals surface area contributed by atoms with E-state index >= 15 is 0 Å². The zero-order valence-electron chi connectivity index (χ0n) is 23.2. The maximum atomic E-state index is 11.6. The first kappa shape index (κ1) is 33.8. The molecule has 208 valence electrons. The summed E-state index contributed by atoms with van der Waals surface area (Å²) in [6, 6.07) is 0. The second-order valence-corrected chi connectivity index (χ2v) is 10.1. The first-order chi connectivity index (χ1) is 16.9. The van der Waals surface area contributed by atoms with Crippen LogP contribution in [0.3, 0.4) is 0 Å². The molecule has 0 spiro atoms. The molecule has 0 aromatic carbocycles. The van der Waals surface area contributed by atoms with Crippen LogP contribution in [0.5, 0.6) is 0 Å². The summed E-state index contributed by atoms with van der Waals surface area (Å²) in [7, 11) is 0. The van der Waals surface area contributed by atoms with Gasteiger partial charge in [0.05, 0.1) is 13.2 Å². The van der Waals surface area contributed by atoms with E-state index in [1.54, 1.807) is 0 Å². The van der Waals surface area contributed by atoms with Crippen molar-refractivity contribution >= 4 is 11.9 Å². The van der Waals surface area contributed by atoms with E-state index in [0.29, 0.717) is 37.9 Å². The quantitative estimate of drug-likeness (QED) is 0.106. The van der Waals surface area contributed by atoms with Crippen LogP contribution in [0.2, 0.25) is 0 Å². The predicted molar refractivity (Wildman–Crippen MR) is 145 cm³/mol. The van der Waals surface area contributed by atoms with Crippen LogP contribution in [0, 0.1) is 11.8 Å². The Hall–Kier alpha value is -1.22. The molecule has 0 aromatic heterocycles. The van der Waals surface area contributed by atoms with Crippen LogP contribution >= 0.6 is 0 Å². The van der Waals surface area contributed by atoms with Gasteiger partial charge in [-0.2, -0.15) is 0 Å². The van der Waals surface area contributed by atoms with Crippen molar-refractivity contribution in [1.82, 2.24) is 21.3 Å². The van der Waals surface area contributed by atoms with Crippen molar-refractivity contribution in [3.8, 4) is 0 Å². The maximum absolute atomic E-state index is 11.6. The number of hydrogen-bond donors (Lipinski definition) is 4. The highest BCUT2D eigenvalue weighted by Gasteiger charge is 2.04. The summed E-state index contributed by atoms with van der Waals surface area (Å²) >= 11 is 0. The Labute approximate surface area is 215 Å². The first-order valence-corrected chi connectivity index (χ1v) is 14.1. The van der Waals surface area contributed by atoms with Gasteiger partial charge in [-0.1, -0.05) is 27.7 Å². The molecule has 4 N–H and O–H groups in total. The molecular weight excluding hydrogens is 444 g/mol. The van der Waals surface area contributed by atoms with Crippen molar-refractivity contribution in [1.29, 1.82) is 0 Å². The first-order valence-electron chi connectivity index (χ1n) is 14.1. The molecule has 0 aliphatic rings. The highest BCUT2D eigenvalue weighted by molar-refractivity contribution is 5.69. The van der Waals surface area contributed by atoms with E-state index in [1.165, 1.54) is 0 Å². The van der Waals surface area contributed by atoms with Crippen LogP contribution in [0.4, 0.5) is 0 Å². The van der Waals surface area contributed by atoms with Gasteiger partial charge < -0.3 is 30.7 Å². The Balaban J connectivity index is 3.18. The SMILES string of the molecule is CC(C)CCCOC(=O)CCCCNCCNCCNCCNCCCCC(=O)OCCC(C)C. The number of carbonyl (C=O) groups excluding carboxylic acids is 2. The van der Waals surface area contributed by atoms with Gasteiger partial charge in [0.25, 0.3) is 0 Å². The molecule has 0 saturated heterocycles. The van der Waals surface area contributed by atoms with Crippen LogP contribution in [0.1, 0.15) is 85.5 Å². The molecular formula is C27H56N4O4. The van der Waals surface area contributed by atoms with E-state index in [-0.39, 0.29) is 11.9 Å². The summed E-state index contributed by atoms with van der Waals surface area (Å²) in [5, 5.41) is 13.6. The third-order valence-electron chi connectivity index (χ3n) is 5.55. The van der Waals surface area contributed by atoms with Gasteiger partial charge in [-0.25, -0.2) is 0 Å². The second-order valence-electron chi connectivity index (χ2n) is 10.1. The van der Waals surface area contributed by atoms with Gasteiger partial charge in [-0.05, 0) is 69.9 Å². The summed E-state index contributed by atoms with van der Waals surface area (Å²) in [6.45, 7) is 17.3. The summed E-state index contributed by atoms with van der Waals surface area (Å²) in [6.07, 6.45) is 7.81. The lowest BCUT2D eigenvalue weighted by Crippen LogP contribution is -2.35. The molecule has 0 saturated carbocycles. The van der Waals surface area contributed by atoms with E-state index in [9.17, 15) is 9.59 Å². The van der Waals surface area contributed by atoms with Crippen molar-refractivity contribution < 1.29 is 19.1 Å². The number of rotatable bonds is 26. The van der Waals surface area contributed by atoms with Crippen LogP contribution in [0.15, 0.2) is 0 Å². The van der Waals surface area contributed by atoms with Gasteiger partial charge >= 0.3 is 11.9 Å². The molecule has 0 bridgehead atoms.